The fourth-order valence-corrected chi connectivity index (χ4v) is 5.00. The summed E-state index contributed by atoms with van der Waals surface area (Å²) < 4.78 is 34.0. The van der Waals surface area contributed by atoms with E-state index >= 15 is 0 Å². The third-order valence-corrected chi connectivity index (χ3v) is 7.18. The van der Waals surface area contributed by atoms with Crippen molar-refractivity contribution in [2.75, 3.05) is 30.9 Å². The van der Waals surface area contributed by atoms with E-state index in [-0.39, 0.29) is 6.04 Å². The van der Waals surface area contributed by atoms with Crippen molar-refractivity contribution in [3.05, 3.63) is 72.7 Å². The third kappa shape index (κ3) is 6.08. The van der Waals surface area contributed by atoms with Gasteiger partial charge in [-0.3, -0.25) is 4.79 Å². The van der Waals surface area contributed by atoms with Crippen LogP contribution in [0.15, 0.2) is 67.2 Å². The number of ether oxygens (including phenoxy) is 3. The molecular formula is C31H31FN8O4. The first kappa shape index (κ1) is 28.8. The number of carbonyl (C=O) groups excluding carboxylic acids is 1. The van der Waals surface area contributed by atoms with Crippen LogP contribution in [0.1, 0.15) is 25.3 Å². The van der Waals surface area contributed by atoms with E-state index in [9.17, 15) is 9.18 Å². The molecule has 0 bridgehead atoms. The summed E-state index contributed by atoms with van der Waals surface area (Å²) in [4.78, 5) is 25.8. The Morgan fingerprint density at radius 1 is 1.11 bits per heavy atom. The van der Waals surface area contributed by atoms with Crippen molar-refractivity contribution in [3.63, 3.8) is 0 Å². The minimum atomic E-state index is -0.863. The Morgan fingerprint density at radius 3 is 2.80 bits per heavy atom. The Balaban J connectivity index is 1.30. The average molecular weight is 599 g/mol. The topological polar surface area (TPSA) is 137 Å². The van der Waals surface area contributed by atoms with E-state index in [2.05, 4.69) is 36.0 Å². The van der Waals surface area contributed by atoms with Gasteiger partial charge in [0, 0.05) is 35.8 Å². The average Bonchev–Trinajstić information content (AvgIpc) is 3.71. The van der Waals surface area contributed by atoms with E-state index in [0.29, 0.717) is 63.3 Å². The number of benzene rings is 2. The van der Waals surface area contributed by atoms with Gasteiger partial charge in [-0.25, -0.2) is 23.9 Å². The molecular weight excluding hydrogens is 567 g/mol. The Bertz CT molecular complexity index is 1870. The molecule has 12 nitrogen and oxygen atoms in total. The van der Waals surface area contributed by atoms with Gasteiger partial charge in [0.05, 0.1) is 30.6 Å². The molecule has 44 heavy (non-hydrogen) atoms. The summed E-state index contributed by atoms with van der Waals surface area (Å²) in [7, 11) is 1.56. The molecule has 1 unspecified atom stereocenters. The largest absolute Gasteiger partial charge is 0.494 e. The van der Waals surface area contributed by atoms with E-state index < -0.39 is 11.7 Å². The van der Waals surface area contributed by atoms with Gasteiger partial charge < -0.3 is 30.2 Å². The zero-order chi connectivity index (χ0) is 30.6. The maximum absolute atomic E-state index is 14.8. The summed E-state index contributed by atoms with van der Waals surface area (Å²) in [5, 5.41) is 13.8. The van der Waals surface area contributed by atoms with Crippen molar-refractivity contribution < 1.29 is 23.4 Å². The van der Waals surface area contributed by atoms with E-state index in [4.69, 9.17) is 14.2 Å². The summed E-state index contributed by atoms with van der Waals surface area (Å²) in [5.41, 5.74) is 2.98. The molecule has 0 radical (unpaired) electrons. The number of halogens is 1. The number of nitrogens with zero attached hydrogens (tertiary/aromatic N) is 5. The molecule has 0 aliphatic carbocycles. The van der Waals surface area contributed by atoms with Gasteiger partial charge in [0.25, 0.3) is 5.91 Å². The first-order valence-corrected chi connectivity index (χ1v) is 14.2. The number of methoxy groups -OCH3 is 1. The number of hydrogen-bond acceptors (Lipinski definition) is 10. The van der Waals surface area contributed by atoms with Crippen LogP contribution in [0.5, 0.6) is 23.0 Å². The van der Waals surface area contributed by atoms with Crippen molar-refractivity contribution in [2.24, 2.45) is 0 Å². The van der Waals surface area contributed by atoms with E-state index in [1.54, 1.807) is 48.2 Å². The number of nitrogens with one attached hydrogen (secondary N) is 3. The van der Waals surface area contributed by atoms with Gasteiger partial charge in [-0.15, -0.1) is 0 Å². The highest BCUT2D eigenvalue weighted by molar-refractivity contribution is 6.05. The summed E-state index contributed by atoms with van der Waals surface area (Å²) in [6.07, 6.45) is 7.70. The van der Waals surface area contributed by atoms with Crippen LogP contribution < -0.4 is 30.2 Å². The van der Waals surface area contributed by atoms with Crippen molar-refractivity contribution in [3.8, 4) is 23.0 Å². The van der Waals surface area contributed by atoms with Gasteiger partial charge in [-0.2, -0.15) is 5.10 Å². The molecule has 3 aromatic heterocycles. The summed E-state index contributed by atoms with van der Waals surface area (Å²) in [6, 6.07) is 10.4. The number of amides is 1. The number of pyridine rings is 1. The van der Waals surface area contributed by atoms with Crippen LogP contribution in [-0.4, -0.2) is 56.8 Å². The second-order valence-corrected chi connectivity index (χ2v) is 10.2. The van der Waals surface area contributed by atoms with E-state index in [1.165, 1.54) is 18.7 Å². The van der Waals surface area contributed by atoms with Gasteiger partial charge in [0.1, 0.15) is 41.5 Å². The van der Waals surface area contributed by atoms with Gasteiger partial charge >= 0.3 is 0 Å². The van der Waals surface area contributed by atoms with Crippen LogP contribution in [0.2, 0.25) is 0 Å². The standard InChI is InChI=1S/C31H31FN8O4/c1-4-43-28-14-23-21(13-25(28)39-31(41)22(32)11-19-6-5-8-33-19)30(36-16-34-23)38-24-10-18(2)26(15-27(24)42-3)44-20-7-9-40-29(12-20)35-17-37-40/h7,9-17,19,33H,4-6,8H2,1-3H3,(H,39,41)(H,34,36,38). The Kier molecular flexibility index (Phi) is 8.19. The van der Waals surface area contributed by atoms with E-state index in [1.807, 2.05) is 19.9 Å². The molecule has 3 N–H and O–H groups in total. The SMILES string of the molecule is CCOc1cc2ncnc(Nc3cc(C)c(Oc4ccn5ncnc5c4)cc3OC)c2cc1NC(=O)C(F)=CC1CCCN1. The van der Waals surface area contributed by atoms with Crippen molar-refractivity contribution in [1.29, 1.82) is 0 Å². The van der Waals surface area contributed by atoms with Crippen LogP contribution in [0.4, 0.5) is 21.6 Å². The number of fused-ring (bicyclic) bond motifs is 2. The predicted octanol–water partition coefficient (Wildman–Crippen LogP) is 5.47. The fraction of sp³-hybridized carbons (Fsp3) is 0.258. The monoisotopic (exact) mass is 598 g/mol. The molecule has 1 fully saturated rings. The molecule has 1 amide bonds. The zero-order valence-corrected chi connectivity index (χ0v) is 24.4. The molecule has 5 aromatic rings. The smallest absolute Gasteiger partial charge is 0.284 e. The highest BCUT2D eigenvalue weighted by Gasteiger charge is 2.20. The van der Waals surface area contributed by atoms with Gasteiger partial charge in [-0.1, -0.05) is 0 Å². The molecule has 4 heterocycles. The maximum Gasteiger partial charge on any atom is 0.284 e. The highest BCUT2D eigenvalue weighted by atomic mass is 19.1. The van der Waals surface area contributed by atoms with Crippen LogP contribution in [0, 0.1) is 6.92 Å². The minimum Gasteiger partial charge on any atom is -0.494 e. The second kappa shape index (κ2) is 12.5. The Hall–Kier alpha value is -5.30. The van der Waals surface area contributed by atoms with Gasteiger partial charge in [-0.05, 0) is 63.1 Å². The minimum absolute atomic E-state index is 0.166. The predicted molar refractivity (Wildman–Crippen MR) is 164 cm³/mol. The fourth-order valence-electron chi connectivity index (χ4n) is 5.00. The molecule has 1 aliphatic rings. The number of anilines is 3. The lowest BCUT2D eigenvalue weighted by Crippen LogP contribution is -2.21. The lowest BCUT2D eigenvalue weighted by Gasteiger charge is -2.17. The maximum atomic E-state index is 14.8. The molecule has 1 saturated heterocycles. The Labute approximate surface area is 252 Å². The van der Waals surface area contributed by atoms with Crippen LogP contribution in [0.25, 0.3) is 16.6 Å². The first-order chi connectivity index (χ1) is 21.4. The lowest BCUT2D eigenvalue weighted by atomic mass is 10.1. The van der Waals surface area contributed by atoms with Crippen LogP contribution in [0.3, 0.4) is 0 Å². The van der Waals surface area contributed by atoms with Gasteiger partial charge in [0.15, 0.2) is 11.5 Å². The normalized spacial score (nSPS) is 15.0. The molecule has 1 atom stereocenters. The molecule has 13 heteroatoms. The van der Waals surface area contributed by atoms with E-state index in [0.717, 1.165) is 24.9 Å². The molecule has 1 aliphatic heterocycles. The van der Waals surface area contributed by atoms with Crippen LogP contribution >= 0.6 is 0 Å². The highest BCUT2D eigenvalue weighted by Crippen LogP contribution is 2.39. The molecule has 0 spiro atoms. The lowest BCUT2D eigenvalue weighted by molar-refractivity contribution is -0.114. The molecule has 0 saturated carbocycles. The van der Waals surface area contributed by atoms with Crippen molar-refractivity contribution in [2.45, 2.75) is 32.7 Å². The molecule has 2 aromatic carbocycles. The summed E-state index contributed by atoms with van der Waals surface area (Å²) >= 11 is 0. The third-order valence-electron chi connectivity index (χ3n) is 7.18. The number of carbonyl (C=O) groups is 1. The van der Waals surface area contributed by atoms with Crippen molar-refractivity contribution >= 4 is 39.6 Å². The second-order valence-electron chi connectivity index (χ2n) is 10.2. The number of aromatic nitrogens is 5. The number of aryl methyl sites for hydroxylation is 1. The number of hydrogen-bond donors (Lipinski definition) is 3. The van der Waals surface area contributed by atoms with Crippen molar-refractivity contribution in [1.82, 2.24) is 29.9 Å². The first-order valence-electron chi connectivity index (χ1n) is 14.2. The zero-order valence-electron chi connectivity index (χ0n) is 24.4. The molecule has 6 rings (SSSR count). The van der Waals surface area contributed by atoms with Gasteiger partial charge in [0.2, 0.25) is 0 Å². The quantitative estimate of drug-likeness (QED) is 0.178. The summed E-state index contributed by atoms with van der Waals surface area (Å²) in [6.45, 7) is 4.88. The summed E-state index contributed by atoms with van der Waals surface area (Å²) in [5.74, 6) is 0.794. The molecule has 226 valence electrons. The number of rotatable bonds is 10. The Morgan fingerprint density at radius 2 is 2.00 bits per heavy atom. The van der Waals surface area contributed by atoms with Crippen LogP contribution in [-0.2, 0) is 4.79 Å².